The molecule has 0 atom stereocenters. The summed E-state index contributed by atoms with van der Waals surface area (Å²) in [7, 11) is 1.37. The third-order valence-electron chi connectivity index (χ3n) is 2.79. The Balaban J connectivity index is 3.19. The van der Waals surface area contributed by atoms with Gasteiger partial charge < -0.3 is 9.84 Å². The first-order valence-corrected chi connectivity index (χ1v) is 5.91. The van der Waals surface area contributed by atoms with Gasteiger partial charge in [-0.05, 0) is 37.0 Å². The van der Waals surface area contributed by atoms with E-state index in [4.69, 9.17) is 0 Å². The second-order valence-corrected chi connectivity index (χ2v) is 4.61. The fraction of sp³-hybridized carbons (Fsp3) is 0.400. The summed E-state index contributed by atoms with van der Waals surface area (Å²) in [5.74, 6) is -0.295. The lowest BCUT2D eigenvalue weighted by molar-refractivity contribution is -0.139. The Bertz CT molecular complexity index is 461. The maximum absolute atomic E-state index is 11.4. The molecule has 0 saturated heterocycles. The van der Waals surface area contributed by atoms with Crippen LogP contribution < -0.4 is 0 Å². The van der Waals surface area contributed by atoms with E-state index in [1.807, 2.05) is 26.0 Å². The molecule has 0 amide bonds. The summed E-state index contributed by atoms with van der Waals surface area (Å²) in [5, 5.41) is 9.51. The smallest absolute Gasteiger partial charge is 0.309 e. The average molecular weight is 248 g/mol. The number of carbonyl (C=O) groups is 1. The van der Waals surface area contributed by atoms with E-state index in [1.54, 1.807) is 0 Å². The van der Waals surface area contributed by atoms with Gasteiger partial charge in [0.05, 0.1) is 20.1 Å². The maximum atomic E-state index is 11.4. The largest absolute Gasteiger partial charge is 0.469 e. The number of carbonyl (C=O) groups excluding carboxylic acids is 1. The number of benzene rings is 1. The van der Waals surface area contributed by atoms with Gasteiger partial charge in [0, 0.05) is 0 Å². The van der Waals surface area contributed by atoms with Crippen LogP contribution in [0.25, 0.3) is 0 Å². The lowest BCUT2D eigenvalue weighted by Gasteiger charge is -2.14. The first-order valence-electron chi connectivity index (χ1n) is 5.91. The summed E-state index contributed by atoms with van der Waals surface area (Å²) >= 11 is 0. The fourth-order valence-electron chi connectivity index (χ4n) is 2.04. The van der Waals surface area contributed by atoms with E-state index < -0.39 is 0 Å². The highest BCUT2D eigenvalue weighted by Crippen LogP contribution is 2.21. The van der Waals surface area contributed by atoms with Crippen LogP contribution in [-0.4, -0.2) is 18.2 Å². The van der Waals surface area contributed by atoms with Gasteiger partial charge in [0.25, 0.3) is 0 Å². The molecule has 1 N–H and O–H groups in total. The van der Waals surface area contributed by atoms with E-state index in [0.29, 0.717) is 6.42 Å². The molecule has 0 aromatic heterocycles. The molecule has 0 bridgehead atoms. The van der Waals surface area contributed by atoms with E-state index in [9.17, 15) is 9.90 Å². The Morgan fingerprint density at radius 2 is 1.89 bits per heavy atom. The van der Waals surface area contributed by atoms with Gasteiger partial charge in [-0.25, -0.2) is 0 Å². The zero-order valence-corrected chi connectivity index (χ0v) is 11.2. The first kappa shape index (κ1) is 14.5. The molecule has 98 valence electrons. The predicted molar refractivity (Wildman–Crippen MR) is 71.3 cm³/mol. The molecular weight excluding hydrogens is 228 g/mol. The van der Waals surface area contributed by atoms with Crippen LogP contribution >= 0.6 is 0 Å². The molecule has 0 radical (unpaired) electrons. The summed E-state index contributed by atoms with van der Waals surface area (Å²) in [4.78, 5) is 11.4. The molecule has 0 aliphatic rings. The molecule has 3 nitrogen and oxygen atoms in total. The number of aliphatic hydroxyl groups excluding tert-OH is 1. The molecule has 18 heavy (non-hydrogen) atoms. The molecule has 0 aliphatic carbocycles. The van der Waals surface area contributed by atoms with Crippen molar-refractivity contribution in [3.05, 3.63) is 46.5 Å². The molecule has 0 heterocycles. The number of aryl methyl sites for hydroxylation is 1. The molecule has 0 spiro atoms. The number of rotatable bonds is 5. The first-order chi connectivity index (χ1) is 8.47. The van der Waals surface area contributed by atoms with Gasteiger partial charge in [-0.1, -0.05) is 29.8 Å². The number of ether oxygens (including phenoxy) is 1. The Hall–Kier alpha value is -1.61. The average Bonchev–Trinajstić information content (AvgIpc) is 2.27. The van der Waals surface area contributed by atoms with Crippen molar-refractivity contribution in [3.8, 4) is 0 Å². The van der Waals surface area contributed by atoms with Crippen molar-refractivity contribution in [2.45, 2.75) is 33.3 Å². The van der Waals surface area contributed by atoms with Crippen LogP contribution in [0.3, 0.4) is 0 Å². The van der Waals surface area contributed by atoms with E-state index in [-0.39, 0.29) is 19.0 Å². The van der Waals surface area contributed by atoms with E-state index >= 15 is 0 Å². The molecule has 1 rings (SSSR count). The van der Waals surface area contributed by atoms with Gasteiger partial charge in [0.15, 0.2) is 0 Å². The topological polar surface area (TPSA) is 46.5 Å². The minimum atomic E-state index is -0.295. The molecule has 0 saturated carbocycles. The van der Waals surface area contributed by atoms with E-state index in [0.717, 1.165) is 27.8 Å². The lowest BCUT2D eigenvalue weighted by Crippen LogP contribution is -2.09. The number of esters is 1. The Kier molecular flexibility index (Phi) is 5.10. The van der Waals surface area contributed by atoms with Crippen molar-refractivity contribution < 1.29 is 14.6 Å². The monoisotopic (exact) mass is 248 g/mol. The lowest BCUT2D eigenvalue weighted by atomic mass is 9.93. The van der Waals surface area contributed by atoms with Crippen molar-refractivity contribution in [2.75, 3.05) is 7.11 Å². The van der Waals surface area contributed by atoms with Gasteiger partial charge in [-0.15, -0.1) is 0 Å². The maximum Gasteiger partial charge on any atom is 0.309 e. The SMILES string of the molecule is C=C(C)Cc1cc(C)cc(CC(=O)OC)c1CO. The molecule has 0 unspecified atom stereocenters. The second-order valence-electron chi connectivity index (χ2n) is 4.61. The van der Waals surface area contributed by atoms with Gasteiger partial charge in [-0.3, -0.25) is 4.79 Å². The van der Waals surface area contributed by atoms with Crippen LogP contribution in [0.5, 0.6) is 0 Å². The van der Waals surface area contributed by atoms with Crippen molar-refractivity contribution in [1.82, 2.24) is 0 Å². The predicted octanol–water partition coefficient (Wildman–Crippen LogP) is 2.32. The van der Waals surface area contributed by atoms with Crippen molar-refractivity contribution in [2.24, 2.45) is 0 Å². The fourth-order valence-corrected chi connectivity index (χ4v) is 2.04. The van der Waals surface area contributed by atoms with Gasteiger partial charge in [-0.2, -0.15) is 0 Å². The number of hydrogen-bond donors (Lipinski definition) is 1. The molecule has 3 heteroatoms. The quantitative estimate of drug-likeness (QED) is 0.642. The minimum absolute atomic E-state index is 0.0742. The molecule has 1 aromatic carbocycles. The van der Waals surface area contributed by atoms with Gasteiger partial charge in [0.1, 0.15) is 0 Å². The van der Waals surface area contributed by atoms with Crippen LogP contribution in [-0.2, 0) is 29.0 Å². The summed E-state index contributed by atoms with van der Waals surface area (Å²) in [6, 6.07) is 3.95. The molecular formula is C15H20O3. The summed E-state index contributed by atoms with van der Waals surface area (Å²) in [6.07, 6.45) is 0.906. The third-order valence-corrected chi connectivity index (χ3v) is 2.79. The number of aliphatic hydroxyl groups is 1. The van der Waals surface area contributed by atoms with Crippen molar-refractivity contribution >= 4 is 5.97 Å². The van der Waals surface area contributed by atoms with Crippen molar-refractivity contribution in [3.63, 3.8) is 0 Å². The normalized spacial score (nSPS) is 10.2. The van der Waals surface area contributed by atoms with Crippen LogP contribution in [0.2, 0.25) is 0 Å². The second kappa shape index (κ2) is 6.36. The highest BCUT2D eigenvalue weighted by molar-refractivity contribution is 5.73. The van der Waals surface area contributed by atoms with Crippen LogP contribution in [0, 0.1) is 6.92 Å². The summed E-state index contributed by atoms with van der Waals surface area (Å²) in [6.45, 7) is 7.74. The number of hydrogen-bond acceptors (Lipinski definition) is 3. The van der Waals surface area contributed by atoms with Crippen LogP contribution in [0.4, 0.5) is 0 Å². The number of methoxy groups -OCH3 is 1. The highest BCUT2D eigenvalue weighted by Gasteiger charge is 2.12. The number of allylic oxidation sites excluding steroid dienone is 1. The molecule has 1 aromatic rings. The van der Waals surface area contributed by atoms with Crippen LogP contribution in [0.1, 0.15) is 29.2 Å². The van der Waals surface area contributed by atoms with Gasteiger partial charge in [0.2, 0.25) is 0 Å². The summed E-state index contributed by atoms with van der Waals surface area (Å²) in [5.41, 5.74) is 4.78. The zero-order valence-electron chi connectivity index (χ0n) is 11.2. The molecule has 0 aliphatic heterocycles. The van der Waals surface area contributed by atoms with E-state index in [1.165, 1.54) is 7.11 Å². The third kappa shape index (κ3) is 3.70. The highest BCUT2D eigenvalue weighted by atomic mass is 16.5. The van der Waals surface area contributed by atoms with Gasteiger partial charge >= 0.3 is 5.97 Å². The standard InChI is InChI=1S/C15H20O3/c1-10(2)5-12-6-11(3)7-13(14(12)9-16)8-15(17)18-4/h6-7,16H,1,5,8-9H2,2-4H3. The van der Waals surface area contributed by atoms with E-state index in [2.05, 4.69) is 11.3 Å². The Morgan fingerprint density at radius 1 is 1.33 bits per heavy atom. The Labute approximate surface area is 108 Å². The zero-order chi connectivity index (χ0) is 13.7. The minimum Gasteiger partial charge on any atom is -0.469 e. The molecule has 0 fully saturated rings. The summed E-state index contributed by atoms with van der Waals surface area (Å²) < 4.78 is 4.68. The van der Waals surface area contributed by atoms with Crippen LogP contribution in [0.15, 0.2) is 24.3 Å². The van der Waals surface area contributed by atoms with Crippen molar-refractivity contribution in [1.29, 1.82) is 0 Å². The Morgan fingerprint density at radius 3 is 2.33 bits per heavy atom.